The number of hydrogen-bond acceptors (Lipinski definition) is 4. The molecule has 5 rings (SSSR count). The average molecular weight is 562 g/mol. The van der Waals surface area contributed by atoms with Crippen LogP contribution in [0, 0.1) is 0 Å². The maximum absolute atomic E-state index is 13.2. The van der Waals surface area contributed by atoms with Gasteiger partial charge in [0.2, 0.25) is 0 Å². The standard InChI is InChI=1S/C30H19ClF3N3O3/c31-23-14-7-13-22-25(18-8-2-1-3-9-18)27(36-26(22)23)28(38)37-35-17-20-10-4-5-15-24(20)40-29(39)19-11-6-12-21(16-19)30(32,33)34/h1-17,36H,(H,37,38). The molecule has 0 bridgehead atoms. The zero-order valence-corrected chi connectivity index (χ0v) is 21.3. The molecular formula is C30H19ClF3N3O3. The third-order valence-electron chi connectivity index (χ3n) is 5.99. The van der Waals surface area contributed by atoms with E-state index in [4.69, 9.17) is 16.3 Å². The van der Waals surface area contributed by atoms with Crippen molar-refractivity contribution in [3.05, 3.63) is 124 Å². The van der Waals surface area contributed by atoms with Crippen molar-refractivity contribution in [2.75, 3.05) is 0 Å². The van der Waals surface area contributed by atoms with Crippen LogP contribution in [-0.2, 0) is 6.18 Å². The van der Waals surface area contributed by atoms with Gasteiger partial charge in [-0.3, -0.25) is 4.79 Å². The highest BCUT2D eigenvalue weighted by atomic mass is 35.5. The van der Waals surface area contributed by atoms with Crippen LogP contribution < -0.4 is 10.2 Å². The van der Waals surface area contributed by atoms with Gasteiger partial charge in [0.1, 0.15) is 11.4 Å². The highest BCUT2D eigenvalue weighted by molar-refractivity contribution is 6.36. The Balaban J connectivity index is 1.38. The van der Waals surface area contributed by atoms with E-state index in [0.717, 1.165) is 29.1 Å². The summed E-state index contributed by atoms with van der Waals surface area (Å²) >= 11 is 6.36. The number of alkyl halides is 3. The summed E-state index contributed by atoms with van der Waals surface area (Å²) in [6.45, 7) is 0. The number of amides is 1. The minimum atomic E-state index is -4.60. The number of ether oxygens (including phenoxy) is 1. The third kappa shape index (κ3) is 5.60. The van der Waals surface area contributed by atoms with Crippen LogP contribution in [0.15, 0.2) is 102 Å². The Morgan fingerprint density at radius 3 is 2.40 bits per heavy atom. The van der Waals surface area contributed by atoms with Crippen LogP contribution in [0.2, 0.25) is 5.02 Å². The minimum Gasteiger partial charge on any atom is -0.422 e. The SMILES string of the molecule is O=C(Oc1ccccc1C=NNC(=O)c1[nH]c2c(Cl)cccc2c1-c1ccccc1)c1cccc(C(F)(F)F)c1. The second-order valence-corrected chi connectivity index (χ2v) is 9.02. The molecule has 0 saturated heterocycles. The number of nitrogens with one attached hydrogen (secondary N) is 2. The van der Waals surface area contributed by atoms with Gasteiger partial charge in [-0.2, -0.15) is 18.3 Å². The Hall–Kier alpha value is -4.89. The minimum absolute atomic E-state index is 0.0466. The average Bonchev–Trinajstić information content (AvgIpc) is 3.35. The molecule has 2 N–H and O–H groups in total. The molecule has 0 aliphatic rings. The maximum Gasteiger partial charge on any atom is 0.416 e. The van der Waals surface area contributed by atoms with Crippen molar-refractivity contribution in [3.8, 4) is 16.9 Å². The van der Waals surface area contributed by atoms with Crippen molar-refractivity contribution in [2.24, 2.45) is 5.10 Å². The molecule has 40 heavy (non-hydrogen) atoms. The van der Waals surface area contributed by atoms with Gasteiger partial charge < -0.3 is 9.72 Å². The molecule has 6 nitrogen and oxygen atoms in total. The van der Waals surface area contributed by atoms with Gasteiger partial charge in [-0.05, 0) is 42.0 Å². The van der Waals surface area contributed by atoms with E-state index in [1.165, 1.54) is 18.3 Å². The van der Waals surface area contributed by atoms with E-state index in [9.17, 15) is 22.8 Å². The quantitative estimate of drug-likeness (QED) is 0.0975. The number of nitrogens with zero attached hydrogens (tertiary/aromatic N) is 1. The molecule has 0 aliphatic carbocycles. The second kappa shape index (κ2) is 11.1. The summed E-state index contributed by atoms with van der Waals surface area (Å²) in [7, 11) is 0. The molecule has 200 valence electrons. The Labute approximate surface area is 231 Å². The molecule has 1 heterocycles. The summed E-state index contributed by atoms with van der Waals surface area (Å²) in [5.74, 6) is -1.47. The van der Waals surface area contributed by atoms with E-state index in [0.29, 0.717) is 21.7 Å². The topological polar surface area (TPSA) is 83.5 Å². The molecule has 0 radical (unpaired) electrons. The number of halogens is 4. The molecule has 5 aromatic rings. The number of esters is 1. The molecule has 0 aliphatic heterocycles. The van der Waals surface area contributed by atoms with E-state index >= 15 is 0 Å². The zero-order valence-electron chi connectivity index (χ0n) is 20.5. The van der Waals surface area contributed by atoms with Crippen LogP contribution in [0.3, 0.4) is 0 Å². The van der Waals surface area contributed by atoms with E-state index < -0.39 is 23.6 Å². The predicted molar refractivity (Wildman–Crippen MR) is 147 cm³/mol. The fourth-order valence-electron chi connectivity index (χ4n) is 4.13. The van der Waals surface area contributed by atoms with Crippen LogP contribution in [0.4, 0.5) is 13.2 Å². The number of carbonyl (C=O) groups is 2. The number of benzene rings is 4. The Morgan fingerprint density at radius 1 is 0.900 bits per heavy atom. The van der Waals surface area contributed by atoms with E-state index in [1.807, 2.05) is 36.4 Å². The number of hydrazone groups is 1. The zero-order chi connectivity index (χ0) is 28.3. The van der Waals surface area contributed by atoms with Gasteiger partial charge in [-0.15, -0.1) is 0 Å². The first kappa shape index (κ1) is 26.7. The lowest BCUT2D eigenvalue weighted by molar-refractivity contribution is -0.137. The predicted octanol–water partition coefficient (Wildman–Crippen LogP) is 7.49. The molecule has 0 fully saturated rings. The van der Waals surface area contributed by atoms with Crippen molar-refractivity contribution >= 4 is 40.6 Å². The van der Waals surface area contributed by atoms with Gasteiger partial charge in [-0.25, -0.2) is 10.2 Å². The largest absolute Gasteiger partial charge is 0.422 e. The summed E-state index contributed by atoms with van der Waals surface area (Å²) in [4.78, 5) is 28.9. The number of rotatable bonds is 6. The second-order valence-electron chi connectivity index (χ2n) is 8.61. The van der Waals surface area contributed by atoms with Gasteiger partial charge in [0.05, 0.1) is 27.9 Å². The summed E-state index contributed by atoms with van der Waals surface area (Å²) < 4.78 is 44.5. The monoisotopic (exact) mass is 561 g/mol. The lowest BCUT2D eigenvalue weighted by Gasteiger charge is -2.10. The van der Waals surface area contributed by atoms with Crippen molar-refractivity contribution in [2.45, 2.75) is 6.18 Å². The lowest BCUT2D eigenvalue weighted by atomic mass is 10.0. The normalized spacial score (nSPS) is 11.6. The highest BCUT2D eigenvalue weighted by Crippen LogP contribution is 2.35. The Morgan fingerprint density at radius 2 is 1.62 bits per heavy atom. The van der Waals surface area contributed by atoms with Crippen LogP contribution >= 0.6 is 11.6 Å². The maximum atomic E-state index is 13.2. The van der Waals surface area contributed by atoms with Gasteiger partial charge in [0.15, 0.2) is 0 Å². The first-order chi connectivity index (χ1) is 19.2. The van der Waals surface area contributed by atoms with Gasteiger partial charge in [0.25, 0.3) is 5.91 Å². The van der Waals surface area contributed by atoms with Crippen molar-refractivity contribution in [1.82, 2.24) is 10.4 Å². The molecule has 4 aromatic carbocycles. The van der Waals surface area contributed by atoms with Gasteiger partial charge in [0, 0.05) is 16.5 Å². The van der Waals surface area contributed by atoms with Crippen LogP contribution in [-0.4, -0.2) is 23.1 Å². The van der Waals surface area contributed by atoms with Gasteiger partial charge >= 0.3 is 12.1 Å². The number of H-pyrrole nitrogens is 1. The van der Waals surface area contributed by atoms with Crippen LogP contribution in [0.1, 0.15) is 32.0 Å². The van der Waals surface area contributed by atoms with Crippen molar-refractivity contribution < 1.29 is 27.5 Å². The van der Waals surface area contributed by atoms with Crippen molar-refractivity contribution in [1.29, 1.82) is 0 Å². The van der Waals surface area contributed by atoms with Crippen LogP contribution in [0.5, 0.6) is 5.75 Å². The third-order valence-corrected chi connectivity index (χ3v) is 6.30. The highest BCUT2D eigenvalue weighted by Gasteiger charge is 2.31. The number of fused-ring (bicyclic) bond motifs is 1. The molecule has 0 spiro atoms. The van der Waals surface area contributed by atoms with Crippen molar-refractivity contribution in [3.63, 3.8) is 0 Å². The lowest BCUT2D eigenvalue weighted by Crippen LogP contribution is -2.19. The number of carbonyl (C=O) groups excluding carboxylic acids is 2. The van der Waals surface area contributed by atoms with E-state index in [1.54, 1.807) is 30.3 Å². The molecular weight excluding hydrogens is 543 g/mol. The summed E-state index contributed by atoms with van der Waals surface area (Å²) in [5, 5.41) is 5.23. The Bertz CT molecular complexity index is 1750. The first-order valence-electron chi connectivity index (χ1n) is 11.9. The Kier molecular flexibility index (Phi) is 7.39. The summed E-state index contributed by atoms with van der Waals surface area (Å²) in [5.41, 5.74) is 3.85. The van der Waals surface area contributed by atoms with E-state index in [-0.39, 0.29) is 17.0 Å². The number of hydrogen-bond donors (Lipinski definition) is 2. The summed E-state index contributed by atoms with van der Waals surface area (Å²) in [6, 6.07) is 24.9. The molecule has 0 saturated carbocycles. The molecule has 1 amide bonds. The smallest absolute Gasteiger partial charge is 0.416 e. The fraction of sp³-hybridized carbons (Fsp3) is 0.0333. The molecule has 0 atom stereocenters. The number of para-hydroxylation sites is 2. The van der Waals surface area contributed by atoms with Crippen LogP contribution in [0.25, 0.3) is 22.0 Å². The number of aromatic amines is 1. The molecule has 10 heteroatoms. The summed E-state index contributed by atoms with van der Waals surface area (Å²) in [6.07, 6.45) is -3.33. The fourth-order valence-corrected chi connectivity index (χ4v) is 4.36. The number of aromatic nitrogens is 1. The van der Waals surface area contributed by atoms with E-state index in [2.05, 4.69) is 15.5 Å². The molecule has 1 aromatic heterocycles. The van der Waals surface area contributed by atoms with Gasteiger partial charge in [-0.1, -0.05) is 72.3 Å². The first-order valence-corrected chi connectivity index (χ1v) is 12.3. The molecule has 0 unspecified atom stereocenters.